The van der Waals surface area contributed by atoms with E-state index in [4.69, 9.17) is 16.3 Å². The van der Waals surface area contributed by atoms with E-state index < -0.39 is 18.0 Å². The minimum atomic E-state index is -0.953. The minimum Gasteiger partial charge on any atom is -0.449 e. The molecule has 1 heterocycles. The first-order chi connectivity index (χ1) is 12.5. The van der Waals surface area contributed by atoms with Crippen LogP contribution in [0.1, 0.15) is 17.3 Å². The van der Waals surface area contributed by atoms with E-state index in [-0.39, 0.29) is 0 Å². The molecule has 0 spiro atoms. The van der Waals surface area contributed by atoms with Gasteiger partial charge in [0.1, 0.15) is 5.82 Å². The fourth-order valence-corrected chi connectivity index (χ4v) is 2.47. The molecule has 0 saturated heterocycles. The number of hydrogen-bond acceptors (Lipinski definition) is 4. The van der Waals surface area contributed by atoms with Crippen molar-refractivity contribution in [3.05, 3.63) is 71.5 Å². The number of esters is 1. The quantitative estimate of drug-likeness (QED) is 0.668. The van der Waals surface area contributed by atoms with Crippen molar-refractivity contribution in [1.29, 1.82) is 0 Å². The molecule has 1 amide bonds. The summed E-state index contributed by atoms with van der Waals surface area (Å²) in [4.78, 5) is 31.5. The molecule has 2 aromatic carbocycles. The Morgan fingerprint density at radius 3 is 2.62 bits per heavy atom. The van der Waals surface area contributed by atoms with Crippen molar-refractivity contribution in [3.8, 4) is 11.4 Å². The van der Waals surface area contributed by atoms with E-state index in [0.29, 0.717) is 22.1 Å². The molecule has 7 heteroatoms. The zero-order valence-corrected chi connectivity index (χ0v) is 14.7. The molecule has 0 radical (unpaired) electrons. The van der Waals surface area contributed by atoms with Gasteiger partial charge in [0.2, 0.25) is 0 Å². The molecule has 0 fully saturated rings. The van der Waals surface area contributed by atoms with Gasteiger partial charge in [-0.1, -0.05) is 29.8 Å². The van der Waals surface area contributed by atoms with Crippen molar-refractivity contribution in [2.75, 3.05) is 5.32 Å². The van der Waals surface area contributed by atoms with Gasteiger partial charge in [-0.2, -0.15) is 0 Å². The number of anilines is 1. The molecule has 26 heavy (non-hydrogen) atoms. The van der Waals surface area contributed by atoms with Crippen molar-refractivity contribution in [2.24, 2.45) is 0 Å². The first kappa shape index (κ1) is 17.7. The maximum atomic E-state index is 12.2. The summed E-state index contributed by atoms with van der Waals surface area (Å²) in [7, 11) is 0. The molecule has 0 aliphatic heterocycles. The van der Waals surface area contributed by atoms with Crippen LogP contribution in [-0.2, 0) is 9.53 Å². The lowest BCUT2D eigenvalue weighted by molar-refractivity contribution is -0.123. The summed E-state index contributed by atoms with van der Waals surface area (Å²) in [6.07, 6.45) is 2.42. The summed E-state index contributed by atoms with van der Waals surface area (Å²) in [5.74, 6) is -0.309. The molecule has 1 atom stereocenters. The summed E-state index contributed by atoms with van der Waals surface area (Å²) >= 11 is 5.88. The second kappa shape index (κ2) is 7.84. The van der Waals surface area contributed by atoms with Gasteiger partial charge in [-0.3, -0.25) is 4.79 Å². The molecule has 3 aromatic rings. The third kappa shape index (κ3) is 4.29. The zero-order valence-electron chi connectivity index (χ0n) is 13.9. The van der Waals surface area contributed by atoms with E-state index >= 15 is 0 Å². The molecule has 6 nitrogen and oxygen atoms in total. The normalized spacial score (nSPS) is 11.6. The van der Waals surface area contributed by atoms with Crippen LogP contribution in [0.5, 0.6) is 0 Å². The van der Waals surface area contributed by atoms with E-state index in [1.165, 1.54) is 6.92 Å². The summed E-state index contributed by atoms with van der Waals surface area (Å²) in [6, 6.07) is 13.5. The largest absolute Gasteiger partial charge is 0.449 e. The number of imidazole rings is 1. The third-order valence-electron chi connectivity index (χ3n) is 3.64. The standard InChI is InChI=1S/C19H16ClN3O3/c1-12(18(24)23-16-4-2-3-15(20)11-16)26-19(25)14-7-5-13(6-8-14)17-21-9-10-22-17/h2-12H,1H3,(H,21,22)(H,23,24). The van der Waals surface area contributed by atoms with Crippen molar-refractivity contribution < 1.29 is 14.3 Å². The number of halogens is 1. The van der Waals surface area contributed by atoms with Gasteiger partial charge in [0, 0.05) is 28.7 Å². The summed E-state index contributed by atoms with van der Waals surface area (Å²) < 4.78 is 5.22. The monoisotopic (exact) mass is 369 g/mol. The van der Waals surface area contributed by atoms with Gasteiger partial charge in [-0.05, 0) is 37.3 Å². The molecule has 0 aliphatic carbocycles. The van der Waals surface area contributed by atoms with Crippen LogP contribution in [-0.4, -0.2) is 27.9 Å². The lowest BCUT2D eigenvalue weighted by atomic mass is 10.1. The van der Waals surface area contributed by atoms with E-state index in [1.54, 1.807) is 60.9 Å². The van der Waals surface area contributed by atoms with Crippen LogP contribution < -0.4 is 5.32 Å². The second-order valence-electron chi connectivity index (χ2n) is 5.56. The predicted molar refractivity (Wildman–Crippen MR) is 99.0 cm³/mol. The average Bonchev–Trinajstić information content (AvgIpc) is 3.16. The van der Waals surface area contributed by atoms with Crippen LogP contribution in [0.25, 0.3) is 11.4 Å². The van der Waals surface area contributed by atoms with E-state index in [0.717, 1.165) is 5.56 Å². The van der Waals surface area contributed by atoms with Gasteiger partial charge in [0.25, 0.3) is 5.91 Å². The zero-order chi connectivity index (χ0) is 18.5. The molecule has 2 N–H and O–H groups in total. The number of amides is 1. The Hall–Kier alpha value is -3.12. The average molecular weight is 370 g/mol. The maximum absolute atomic E-state index is 12.2. The van der Waals surface area contributed by atoms with Gasteiger partial charge < -0.3 is 15.0 Å². The second-order valence-corrected chi connectivity index (χ2v) is 6.00. The molecule has 3 rings (SSSR count). The van der Waals surface area contributed by atoms with Crippen molar-refractivity contribution in [1.82, 2.24) is 9.97 Å². The van der Waals surface area contributed by atoms with Crippen LogP contribution in [0.3, 0.4) is 0 Å². The smallest absolute Gasteiger partial charge is 0.338 e. The highest BCUT2D eigenvalue weighted by molar-refractivity contribution is 6.30. The molecule has 1 unspecified atom stereocenters. The van der Waals surface area contributed by atoms with Crippen LogP contribution in [0.4, 0.5) is 5.69 Å². The first-order valence-electron chi connectivity index (χ1n) is 7.90. The van der Waals surface area contributed by atoms with Crippen molar-refractivity contribution in [2.45, 2.75) is 13.0 Å². The topological polar surface area (TPSA) is 84.1 Å². The summed E-state index contributed by atoms with van der Waals surface area (Å²) in [5, 5.41) is 3.16. The Bertz CT molecular complexity index is 908. The van der Waals surface area contributed by atoms with Crippen molar-refractivity contribution >= 4 is 29.2 Å². The number of ether oxygens (including phenoxy) is 1. The highest BCUT2D eigenvalue weighted by Gasteiger charge is 2.19. The molecule has 132 valence electrons. The third-order valence-corrected chi connectivity index (χ3v) is 3.87. The number of aromatic nitrogens is 2. The molecular formula is C19H16ClN3O3. The van der Waals surface area contributed by atoms with Gasteiger partial charge in [0.15, 0.2) is 6.10 Å². The van der Waals surface area contributed by atoms with E-state index in [9.17, 15) is 9.59 Å². The van der Waals surface area contributed by atoms with Crippen molar-refractivity contribution in [3.63, 3.8) is 0 Å². The lowest BCUT2D eigenvalue weighted by Crippen LogP contribution is -2.30. The number of benzene rings is 2. The van der Waals surface area contributed by atoms with Gasteiger partial charge in [-0.25, -0.2) is 9.78 Å². The first-order valence-corrected chi connectivity index (χ1v) is 8.28. The Morgan fingerprint density at radius 1 is 1.19 bits per heavy atom. The van der Waals surface area contributed by atoms with Gasteiger partial charge in [-0.15, -0.1) is 0 Å². The van der Waals surface area contributed by atoms with Gasteiger partial charge in [0.05, 0.1) is 5.56 Å². The number of hydrogen-bond donors (Lipinski definition) is 2. The summed E-state index contributed by atoms with van der Waals surface area (Å²) in [5.41, 5.74) is 1.73. The molecule has 0 aliphatic rings. The van der Waals surface area contributed by atoms with Gasteiger partial charge >= 0.3 is 5.97 Å². The lowest BCUT2D eigenvalue weighted by Gasteiger charge is -2.14. The number of carbonyl (C=O) groups is 2. The number of nitrogens with one attached hydrogen (secondary N) is 2. The van der Waals surface area contributed by atoms with Crippen LogP contribution in [0, 0.1) is 0 Å². The number of H-pyrrole nitrogens is 1. The van der Waals surface area contributed by atoms with E-state index in [2.05, 4.69) is 15.3 Å². The predicted octanol–water partition coefficient (Wildman–Crippen LogP) is 3.91. The Balaban J connectivity index is 1.60. The molecule has 1 aromatic heterocycles. The van der Waals surface area contributed by atoms with Crippen LogP contribution >= 0.6 is 11.6 Å². The Labute approximate surface area is 155 Å². The molecule has 0 saturated carbocycles. The van der Waals surface area contributed by atoms with Crippen LogP contribution in [0.15, 0.2) is 60.9 Å². The fourth-order valence-electron chi connectivity index (χ4n) is 2.28. The molecule has 0 bridgehead atoms. The fraction of sp³-hybridized carbons (Fsp3) is 0.105. The van der Waals surface area contributed by atoms with Crippen LogP contribution in [0.2, 0.25) is 5.02 Å². The summed E-state index contributed by atoms with van der Waals surface area (Å²) in [6.45, 7) is 1.51. The number of carbonyl (C=O) groups excluding carboxylic acids is 2. The highest BCUT2D eigenvalue weighted by Crippen LogP contribution is 2.17. The Kier molecular flexibility index (Phi) is 5.34. The SMILES string of the molecule is CC(OC(=O)c1ccc(-c2ncc[nH]2)cc1)C(=O)Nc1cccc(Cl)c1. The Morgan fingerprint density at radius 2 is 1.96 bits per heavy atom. The number of nitrogens with zero attached hydrogens (tertiary/aromatic N) is 1. The maximum Gasteiger partial charge on any atom is 0.338 e. The van der Waals surface area contributed by atoms with E-state index in [1.807, 2.05) is 0 Å². The molecular weight excluding hydrogens is 354 g/mol. The number of rotatable bonds is 5. The minimum absolute atomic E-state index is 0.350. The highest BCUT2D eigenvalue weighted by atomic mass is 35.5. The number of aromatic amines is 1.